The Morgan fingerprint density at radius 2 is 1.52 bits per heavy atom. The Labute approximate surface area is 362 Å². The van der Waals surface area contributed by atoms with E-state index in [0.717, 1.165) is 45.8 Å². The molecule has 0 saturated heterocycles. The van der Waals surface area contributed by atoms with Gasteiger partial charge in [0.15, 0.2) is 0 Å². The molecule has 0 saturated carbocycles. The molecule has 0 bridgehead atoms. The van der Waals surface area contributed by atoms with E-state index in [1.807, 2.05) is 18.2 Å². The average Bonchev–Trinajstić information content (AvgIpc) is 3.79. The maximum absolute atomic E-state index is 5.12. The van der Waals surface area contributed by atoms with Crippen LogP contribution in [0.2, 0.25) is 19.6 Å². The van der Waals surface area contributed by atoms with Gasteiger partial charge in [-0.05, 0) is 101 Å². The normalized spacial score (nSPS) is 11.5. The number of hydrogen-bond donors (Lipinski definition) is 0. The number of rotatable bonds is 7. The van der Waals surface area contributed by atoms with E-state index in [2.05, 4.69) is 191 Å². The van der Waals surface area contributed by atoms with Crippen LogP contribution in [-0.4, -0.2) is 22.6 Å². The van der Waals surface area contributed by atoms with Gasteiger partial charge >= 0.3 is 0 Å². The number of para-hydroxylation sites is 2. The summed E-state index contributed by atoms with van der Waals surface area (Å²) in [5.74, 6) is 1.60. The summed E-state index contributed by atoms with van der Waals surface area (Å²) in [5.41, 5.74) is 14.3. The zero-order chi connectivity index (χ0) is 39.8. The van der Waals surface area contributed by atoms with Crippen LogP contribution in [0.5, 0.6) is 0 Å². The number of nitrogens with zero attached hydrogens (tertiary/aromatic N) is 3. The molecular formula is C52H49IrN3SSi-2. The summed E-state index contributed by atoms with van der Waals surface area (Å²) in [6.07, 6.45) is 3.24. The third-order valence-corrected chi connectivity index (χ3v) is 13.7. The minimum atomic E-state index is -1.34. The van der Waals surface area contributed by atoms with E-state index in [0.29, 0.717) is 5.92 Å². The van der Waals surface area contributed by atoms with Crippen LogP contribution in [0.3, 0.4) is 0 Å². The largest absolute Gasteiger partial charge is 0.333 e. The minimum absolute atomic E-state index is 0. The maximum atomic E-state index is 5.12. The number of fused-ring (bicyclic) bond motifs is 3. The van der Waals surface area contributed by atoms with Crippen LogP contribution in [0.25, 0.3) is 71.4 Å². The molecule has 6 aromatic carbocycles. The number of hydrogen-bond acceptors (Lipinski definition) is 3. The van der Waals surface area contributed by atoms with Gasteiger partial charge in [-0.15, -0.1) is 41.3 Å². The van der Waals surface area contributed by atoms with Gasteiger partial charge in [0.1, 0.15) is 0 Å². The number of pyridine rings is 1. The smallest absolute Gasteiger partial charge is 0.0798 e. The predicted molar refractivity (Wildman–Crippen MR) is 248 cm³/mol. The van der Waals surface area contributed by atoms with Crippen LogP contribution in [0.1, 0.15) is 36.1 Å². The van der Waals surface area contributed by atoms with Gasteiger partial charge in [-0.2, -0.15) is 0 Å². The molecule has 0 aliphatic heterocycles. The summed E-state index contributed by atoms with van der Waals surface area (Å²) in [7, 11) is -1.34. The van der Waals surface area contributed by atoms with Crippen molar-refractivity contribution in [3.63, 3.8) is 0 Å². The van der Waals surface area contributed by atoms with Crippen molar-refractivity contribution in [2.75, 3.05) is 0 Å². The van der Waals surface area contributed by atoms with Crippen molar-refractivity contribution in [1.29, 1.82) is 0 Å². The van der Waals surface area contributed by atoms with Crippen LogP contribution >= 0.6 is 11.3 Å². The quantitative estimate of drug-likeness (QED) is 0.118. The zero-order valence-corrected chi connectivity index (χ0v) is 38.8. The fraction of sp³-hybridized carbons (Fsp3) is 0.192. The third kappa shape index (κ3) is 8.30. The Hall–Kier alpha value is -4.97. The topological polar surface area (TPSA) is 30.7 Å². The zero-order valence-electron chi connectivity index (χ0n) is 34.6. The van der Waals surface area contributed by atoms with Gasteiger partial charge < -0.3 is 9.55 Å². The summed E-state index contributed by atoms with van der Waals surface area (Å²) in [4.78, 5) is 9.81. The third-order valence-electron chi connectivity index (χ3n) is 10.8. The summed E-state index contributed by atoms with van der Waals surface area (Å²) in [6.45, 7) is 18.3. The van der Waals surface area contributed by atoms with Gasteiger partial charge in [-0.1, -0.05) is 139 Å². The number of benzene rings is 6. The monoisotopic (exact) mass is 968 g/mol. The van der Waals surface area contributed by atoms with Crippen LogP contribution in [0.15, 0.2) is 134 Å². The molecular weight excluding hydrogens is 919 g/mol. The second-order valence-electron chi connectivity index (χ2n) is 16.7. The molecule has 0 aliphatic rings. The molecule has 0 spiro atoms. The van der Waals surface area contributed by atoms with Crippen molar-refractivity contribution in [3.05, 3.63) is 167 Å². The first-order chi connectivity index (χ1) is 27.5. The number of thiophene rings is 1. The van der Waals surface area contributed by atoms with Crippen LogP contribution in [0, 0.1) is 38.1 Å². The Kier molecular flexibility index (Phi) is 12.1. The molecule has 9 rings (SSSR count). The van der Waals surface area contributed by atoms with E-state index in [9.17, 15) is 0 Å². The van der Waals surface area contributed by atoms with Gasteiger partial charge in [-0.25, -0.2) is 0 Å². The molecule has 0 aliphatic carbocycles. The van der Waals surface area contributed by atoms with Gasteiger partial charge in [-0.3, -0.25) is 16.3 Å². The Bertz CT molecular complexity index is 2870. The summed E-state index contributed by atoms with van der Waals surface area (Å²) >= 11 is 1.66. The van der Waals surface area contributed by atoms with Crippen molar-refractivity contribution in [2.24, 2.45) is 5.92 Å². The van der Waals surface area contributed by atoms with Crippen LogP contribution < -0.4 is 5.19 Å². The molecule has 58 heavy (non-hydrogen) atoms. The molecule has 6 heteroatoms. The molecule has 3 nitrogen and oxygen atoms in total. The first-order valence-corrected chi connectivity index (χ1v) is 24.2. The van der Waals surface area contributed by atoms with Crippen molar-refractivity contribution < 1.29 is 20.1 Å². The SMILES string of the molecule is CC(C)Cc1cc(-c2[c-]cccc2)ncc1[Si](C)(C)C.Cc1ccc(-n2c(-c3[c-]sc4ccc(-c5c(C)cc6ccccc6c5C)cc34)nc3ccccc32)cc1.[Ir]. The Morgan fingerprint density at radius 3 is 2.26 bits per heavy atom. The predicted octanol–water partition coefficient (Wildman–Crippen LogP) is 13.7. The number of aromatic nitrogens is 3. The first-order valence-electron chi connectivity index (χ1n) is 19.9. The van der Waals surface area contributed by atoms with E-state index in [-0.39, 0.29) is 20.1 Å². The molecule has 3 heterocycles. The fourth-order valence-corrected chi connectivity index (χ4v) is 10.5. The van der Waals surface area contributed by atoms with Gasteiger partial charge in [0, 0.05) is 32.0 Å². The van der Waals surface area contributed by atoms with E-state index in [1.54, 1.807) is 11.3 Å². The molecule has 0 N–H and O–H groups in total. The molecule has 293 valence electrons. The first kappa shape index (κ1) is 41.2. The van der Waals surface area contributed by atoms with Crippen LogP contribution in [0.4, 0.5) is 0 Å². The van der Waals surface area contributed by atoms with E-state index in [4.69, 9.17) is 4.98 Å². The van der Waals surface area contributed by atoms with Crippen LogP contribution in [-0.2, 0) is 26.5 Å². The second kappa shape index (κ2) is 17.1. The van der Waals surface area contributed by atoms with Crippen molar-refractivity contribution >= 4 is 56.5 Å². The number of aryl methyl sites for hydroxylation is 3. The van der Waals surface area contributed by atoms with E-state index in [1.165, 1.54) is 59.4 Å². The Balaban J connectivity index is 0.000000208. The Morgan fingerprint density at radius 1 is 0.776 bits per heavy atom. The molecule has 9 aromatic rings. The second-order valence-corrected chi connectivity index (χ2v) is 22.5. The molecule has 3 aromatic heterocycles. The van der Waals surface area contributed by atoms with Gasteiger partial charge in [0.25, 0.3) is 0 Å². The van der Waals surface area contributed by atoms with E-state index >= 15 is 0 Å². The minimum Gasteiger partial charge on any atom is -0.333 e. The van der Waals surface area contributed by atoms with Crippen molar-refractivity contribution in [1.82, 2.24) is 14.5 Å². The number of imidazole rings is 1. The molecule has 0 unspecified atom stereocenters. The molecule has 1 radical (unpaired) electrons. The molecule has 0 atom stereocenters. The summed E-state index contributed by atoms with van der Waals surface area (Å²) in [6, 6.07) is 48.4. The summed E-state index contributed by atoms with van der Waals surface area (Å²) < 4.78 is 3.49. The average molecular weight is 968 g/mol. The van der Waals surface area contributed by atoms with Crippen molar-refractivity contribution in [3.8, 4) is 39.5 Å². The van der Waals surface area contributed by atoms with Gasteiger partial charge in [0.05, 0.1) is 24.9 Å². The molecule has 0 amide bonds. The fourth-order valence-electron chi connectivity index (χ4n) is 8.07. The van der Waals surface area contributed by atoms with Crippen molar-refractivity contribution in [2.45, 2.75) is 60.7 Å². The standard InChI is InChI=1S/C34H25N2S.C18H24NSi.Ir/c1-21-12-15-26(16-13-21)36-31-11-7-6-10-30(31)35-34(36)29-20-37-32-17-14-25(19-28(29)32)33-22(2)18-24-8-4-5-9-27(24)23(33)3;1-14(2)11-16-12-17(15-9-7-6-8-10-15)19-13-18(16)20(3,4)5;/h4-19H,1-3H3;6-9,12-14H,11H2,1-5H3;/q2*-1;. The van der Waals surface area contributed by atoms with E-state index < -0.39 is 8.07 Å². The summed E-state index contributed by atoms with van der Waals surface area (Å²) in [5, 5.41) is 8.89. The van der Waals surface area contributed by atoms with Gasteiger partial charge in [0.2, 0.25) is 0 Å². The maximum Gasteiger partial charge on any atom is 0.0798 e. The molecule has 0 fully saturated rings.